The molecule has 0 aromatic heterocycles. The molecular formula is C17H20Cl2N2O5S. The minimum absolute atomic E-state index is 0.0277. The van der Waals surface area contributed by atoms with E-state index in [1.165, 1.54) is 19.3 Å². The van der Waals surface area contributed by atoms with Gasteiger partial charge in [0.1, 0.15) is 0 Å². The zero-order chi connectivity index (χ0) is 19.8. The fraction of sp³-hybridized carbons (Fsp3) is 0.529. The van der Waals surface area contributed by atoms with Crippen LogP contribution in [0.25, 0.3) is 0 Å². The van der Waals surface area contributed by atoms with Gasteiger partial charge < -0.3 is 10.1 Å². The van der Waals surface area contributed by atoms with Crippen LogP contribution in [0, 0.1) is 17.8 Å². The highest BCUT2D eigenvalue weighted by atomic mass is 35.5. The van der Waals surface area contributed by atoms with Crippen LogP contribution in [0.2, 0.25) is 10.0 Å². The first-order chi connectivity index (χ1) is 12.6. The second-order valence-electron chi connectivity index (χ2n) is 7.15. The Morgan fingerprint density at radius 1 is 1.19 bits per heavy atom. The van der Waals surface area contributed by atoms with Crippen molar-refractivity contribution in [2.75, 3.05) is 11.9 Å². The minimum atomic E-state index is -3.98. The molecule has 2 aliphatic carbocycles. The number of nitrogens with one attached hydrogen (secondary N) is 1. The van der Waals surface area contributed by atoms with Crippen LogP contribution < -0.4 is 10.5 Å². The lowest BCUT2D eigenvalue weighted by Crippen LogP contribution is -2.23. The highest BCUT2D eigenvalue weighted by Gasteiger charge is 2.40. The van der Waals surface area contributed by atoms with Gasteiger partial charge in [-0.2, -0.15) is 0 Å². The molecule has 3 rings (SSSR count). The third-order valence-corrected chi connectivity index (χ3v) is 6.78. The monoisotopic (exact) mass is 434 g/mol. The number of ether oxygens (including phenoxy) is 1. The van der Waals surface area contributed by atoms with Crippen molar-refractivity contribution in [3.63, 3.8) is 0 Å². The van der Waals surface area contributed by atoms with Gasteiger partial charge in [-0.25, -0.2) is 13.6 Å². The molecule has 0 heterocycles. The van der Waals surface area contributed by atoms with E-state index in [0.717, 1.165) is 24.5 Å². The first-order valence-corrected chi connectivity index (χ1v) is 10.9. The van der Waals surface area contributed by atoms with Crippen molar-refractivity contribution >= 4 is 50.8 Å². The average molecular weight is 435 g/mol. The summed E-state index contributed by atoms with van der Waals surface area (Å²) in [6, 6.07) is 2.17. The van der Waals surface area contributed by atoms with Crippen molar-refractivity contribution in [3.05, 3.63) is 22.2 Å². The molecule has 7 nitrogen and oxygen atoms in total. The number of amides is 1. The molecule has 0 aliphatic heterocycles. The molecule has 2 aliphatic rings. The van der Waals surface area contributed by atoms with Crippen molar-refractivity contribution in [3.8, 4) is 0 Å². The SMILES string of the molecule is NS(=O)(=O)c1cc(Cl)c(NC(=O)COC(=O)C[C@H]2C[C@H]3CC[C@@H]2C3)c(Cl)c1. The Morgan fingerprint density at radius 3 is 2.37 bits per heavy atom. The molecule has 1 amide bonds. The maximum Gasteiger partial charge on any atom is 0.306 e. The Kier molecular flexibility index (Phi) is 6.00. The zero-order valence-corrected chi connectivity index (χ0v) is 16.7. The van der Waals surface area contributed by atoms with Crippen LogP contribution in [0.5, 0.6) is 0 Å². The van der Waals surface area contributed by atoms with E-state index in [1.54, 1.807) is 0 Å². The van der Waals surface area contributed by atoms with E-state index in [1.807, 2.05) is 0 Å². The number of halogens is 2. The number of benzene rings is 1. The number of nitrogens with two attached hydrogens (primary N) is 1. The van der Waals surface area contributed by atoms with Gasteiger partial charge in [-0.1, -0.05) is 29.6 Å². The van der Waals surface area contributed by atoms with E-state index in [9.17, 15) is 18.0 Å². The third-order valence-electron chi connectivity index (χ3n) is 5.29. The number of sulfonamides is 1. The van der Waals surface area contributed by atoms with Gasteiger partial charge in [0.05, 0.1) is 20.6 Å². The van der Waals surface area contributed by atoms with Crippen molar-refractivity contribution in [1.82, 2.24) is 0 Å². The summed E-state index contributed by atoms with van der Waals surface area (Å²) in [4.78, 5) is 23.7. The molecule has 10 heteroatoms. The van der Waals surface area contributed by atoms with Gasteiger partial charge in [0, 0.05) is 6.42 Å². The maximum absolute atomic E-state index is 12.0. The van der Waals surface area contributed by atoms with Gasteiger partial charge in [-0.15, -0.1) is 0 Å². The normalized spacial score (nSPS) is 24.0. The maximum atomic E-state index is 12.0. The highest BCUT2D eigenvalue weighted by Crippen LogP contribution is 2.49. The molecule has 2 bridgehead atoms. The number of anilines is 1. The summed E-state index contributed by atoms with van der Waals surface area (Å²) in [5.41, 5.74) is 0.0277. The van der Waals surface area contributed by atoms with Crippen LogP contribution in [0.1, 0.15) is 32.1 Å². The smallest absolute Gasteiger partial charge is 0.306 e. The van der Waals surface area contributed by atoms with Crippen LogP contribution in [0.3, 0.4) is 0 Å². The molecule has 1 aromatic carbocycles. The predicted molar refractivity (Wildman–Crippen MR) is 101 cm³/mol. The van der Waals surface area contributed by atoms with Gasteiger partial charge in [-0.3, -0.25) is 9.59 Å². The predicted octanol–water partition coefficient (Wildman–Crippen LogP) is 2.95. The van der Waals surface area contributed by atoms with E-state index >= 15 is 0 Å². The Hall–Kier alpha value is -1.35. The van der Waals surface area contributed by atoms with Crippen molar-refractivity contribution in [2.24, 2.45) is 22.9 Å². The molecule has 0 saturated heterocycles. The number of fused-ring (bicyclic) bond motifs is 2. The molecule has 2 fully saturated rings. The van der Waals surface area contributed by atoms with Gasteiger partial charge in [-0.05, 0) is 49.1 Å². The van der Waals surface area contributed by atoms with Crippen molar-refractivity contribution in [1.29, 1.82) is 0 Å². The first kappa shape index (κ1) is 20.4. The quantitative estimate of drug-likeness (QED) is 0.667. The molecule has 1 aromatic rings. The average Bonchev–Trinajstić information content (AvgIpc) is 3.18. The van der Waals surface area contributed by atoms with E-state index < -0.39 is 28.5 Å². The third kappa shape index (κ3) is 4.93. The summed E-state index contributed by atoms with van der Waals surface area (Å²) in [6.07, 6.45) is 5.02. The summed E-state index contributed by atoms with van der Waals surface area (Å²) in [5.74, 6) is 0.675. The van der Waals surface area contributed by atoms with Gasteiger partial charge in [0.15, 0.2) is 6.61 Å². The number of primary sulfonamides is 1. The second-order valence-corrected chi connectivity index (χ2v) is 9.53. The fourth-order valence-electron chi connectivity index (χ4n) is 4.05. The van der Waals surface area contributed by atoms with Crippen LogP contribution in [0.4, 0.5) is 5.69 Å². The summed E-state index contributed by atoms with van der Waals surface area (Å²) in [5, 5.41) is 7.26. The zero-order valence-electron chi connectivity index (χ0n) is 14.4. The Morgan fingerprint density at radius 2 is 1.85 bits per heavy atom. The van der Waals surface area contributed by atoms with Crippen molar-refractivity contribution < 1.29 is 22.7 Å². The topological polar surface area (TPSA) is 116 Å². The van der Waals surface area contributed by atoms with Gasteiger partial charge in [0.25, 0.3) is 5.91 Å². The summed E-state index contributed by atoms with van der Waals surface area (Å²) < 4.78 is 27.8. The summed E-state index contributed by atoms with van der Waals surface area (Å²) in [7, 11) is -3.98. The Labute approximate surface area is 167 Å². The van der Waals surface area contributed by atoms with Gasteiger partial charge in [0.2, 0.25) is 10.0 Å². The van der Waals surface area contributed by atoms with Gasteiger partial charge >= 0.3 is 5.97 Å². The van der Waals surface area contributed by atoms with Crippen LogP contribution in [-0.4, -0.2) is 26.9 Å². The van der Waals surface area contributed by atoms with Crippen LogP contribution >= 0.6 is 23.2 Å². The Balaban J connectivity index is 1.52. The highest BCUT2D eigenvalue weighted by molar-refractivity contribution is 7.89. The molecule has 0 radical (unpaired) electrons. The summed E-state index contributed by atoms with van der Waals surface area (Å²) >= 11 is 11.9. The lowest BCUT2D eigenvalue weighted by molar-refractivity contribution is -0.148. The lowest BCUT2D eigenvalue weighted by atomic mass is 9.86. The number of esters is 1. The lowest BCUT2D eigenvalue weighted by Gasteiger charge is -2.20. The number of hydrogen-bond acceptors (Lipinski definition) is 5. The molecular weight excluding hydrogens is 415 g/mol. The van der Waals surface area contributed by atoms with E-state index in [2.05, 4.69) is 5.32 Å². The molecule has 3 N–H and O–H groups in total. The number of hydrogen-bond donors (Lipinski definition) is 2. The molecule has 148 valence electrons. The minimum Gasteiger partial charge on any atom is -0.456 e. The van der Waals surface area contributed by atoms with Crippen LogP contribution in [0.15, 0.2) is 17.0 Å². The number of carbonyl (C=O) groups excluding carboxylic acids is 2. The van der Waals surface area contributed by atoms with E-state index in [0.29, 0.717) is 18.3 Å². The standard InChI is InChI=1S/C17H20Cl2N2O5S/c18-13-6-12(27(20,24)25)7-14(19)17(13)21-15(22)8-26-16(23)5-11-4-9-1-2-10(11)3-9/h6-7,9-11H,1-5,8H2,(H,21,22)(H2,20,24,25)/t9-,10+,11+/m0/s1. The fourth-order valence-corrected chi connectivity index (χ4v) is 5.33. The van der Waals surface area contributed by atoms with Crippen molar-refractivity contribution in [2.45, 2.75) is 37.0 Å². The van der Waals surface area contributed by atoms with E-state index in [-0.39, 0.29) is 20.6 Å². The molecule has 27 heavy (non-hydrogen) atoms. The number of carbonyl (C=O) groups is 2. The first-order valence-electron chi connectivity index (χ1n) is 8.61. The molecule has 0 spiro atoms. The second kappa shape index (κ2) is 7.95. The summed E-state index contributed by atoms with van der Waals surface area (Å²) in [6.45, 7) is -0.469. The van der Waals surface area contributed by atoms with Crippen LogP contribution in [-0.2, 0) is 24.3 Å². The number of rotatable bonds is 6. The molecule has 3 atom stereocenters. The Bertz CT molecular complexity index is 851. The largest absolute Gasteiger partial charge is 0.456 e. The molecule has 2 saturated carbocycles. The molecule has 0 unspecified atom stereocenters. The van der Waals surface area contributed by atoms with E-state index in [4.69, 9.17) is 33.1 Å².